The maximum Gasteiger partial charge on any atom is 0.431 e. The van der Waals surface area contributed by atoms with E-state index in [0.717, 1.165) is 58.2 Å². The van der Waals surface area contributed by atoms with E-state index in [1.807, 2.05) is 78.6 Å². The number of hydrogen-bond acceptors (Lipinski definition) is 16. The Bertz CT molecular complexity index is 3080. The summed E-state index contributed by atoms with van der Waals surface area (Å²) in [4.78, 5) is 69.2. The molecule has 0 fully saturated rings. The van der Waals surface area contributed by atoms with Crippen molar-refractivity contribution in [2.45, 2.75) is 90.0 Å². The number of methoxy groups -OCH3 is 3. The molecule has 2 atom stereocenters. The standard InChI is InChI=1S/C63H81N7O13Si/c1-43-31-46-15-9-11-17-54(46)69(43)61(72)50-36-56(76-4)58(38-52(50)64-2)81-41-44-32-45(42-82-59-39-53-51(37-57(59)77-5)62(73)70-49(40-66-53)35-47-16-10-12-18-55(47)70)34-48(33-44)68(22-24-78-27-28-79-26-25-75-3)21-13-19-60(71)65-20-14-23-83-67-63(74)80-29-30-84(6,7)8/h9-12,15-18,32-34,36-39,43,49,66H,2,13-14,19-31,35,40-42H2,1,3-8H3,(H,65,71)(H,67,74)/t43-,49+/m1/s1. The number of fused-ring (bicyclic) bond motifs is 5. The number of benzene rings is 5. The molecule has 3 aliphatic rings. The third kappa shape index (κ3) is 16.6. The maximum absolute atomic E-state index is 14.3. The van der Waals surface area contributed by atoms with E-state index in [1.165, 1.54) is 7.11 Å². The molecule has 0 radical (unpaired) electrons. The number of nitrogens with one attached hydrogen (secondary N) is 3. The van der Waals surface area contributed by atoms with E-state index in [0.29, 0.717) is 124 Å². The van der Waals surface area contributed by atoms with Crippen LogP contribution in [0.25, 0.3) is 0 Å². The van der Waals surface area contributed by atoms with Crippen molar-refractivity contribution in [1.82, 2.24) is 10.8 Å². The Balaban J connectivity index is 1.01. The number of carbonyl (C=O) groups excluding carboxylic acids is 4. The number of hydrogen-bond donors (Lipinski definition) is 3. The fourth-order valence-electron chi connectivity index (χ4n) is 10.4. The smallest absolute Gasteiger partial charge is 0.431 e. The van der Waals surface area contributed by atoms with Gasteiger partial charge in [-0.3, -0.25) is 24.2 Å². The lowest BCUT2D eigenvalue weighted by atomic mass is 10.1. The van der Waals surface area contributed by atoms with E-state index >= 15 is 0 Å². The largest absolute Gasteiger partial charge is 0.493 e. The van der Waals surface area contributed by atoms with Crippen molar-refractivity contribution in [1.29, 1.82) is 0 Å². The van der Waals surface area contributed by atoms with Gasteiger partial charge in [0.2, 0.25) is 5.91 Å². The van der Waals surface area contributed by atoms with E-state index in [-0.39, 0.29) is 56.0 Å². The Morgan fingerprint density at radius 2 is 1.42 bits per heavy atom. The number of rotatable bonds is 32. The van der Waals surface area contributed by atoms with E-state index in [1.54, 1.807) is 37.3 Å². The number of anilines is 4. The van der Waals surface area contributed by atoms with Crippen LogP contribution in [0.2, 0.25) is 25.7 Å². The highest BCUT2D eigenvalue weighted by Gasteiger charge is 2.38. The molecule has 0 saturated heterocycles. The van der Waals surface area contributed by atoms with Gasteiger partial charge in [0.15, 0.2) is 23.0 Å². The van der Waals surface area contributed by atoms with Gasteiger partial charge in [0.05, 0.1) is 89.0 Å². The number of ether oxygens (including phenoxy) is 8. The zero-order chi connectivity index (χ0) is 59.6. The monoisotopic (exact) mass is 1170 g/mol. The molecule has 0 aliphatic carbocycles. The molecule has 4 amide bonds. The van der Waals surface area contributed by atoms with Crippen LogP contribution in [-0.2, 0) is 54.6 Å². The van der Waals surface area contributed by atoms with Crippen LogP contribution in [0.4, 0.5) is 33.2 Å². The summed E-state index contributed by atoms with van der Waals surface area (Å²) in [7, 11) is 3.37. The van der Waals surface area contributed by atoms with Crippen LogP contribution in [0.1, 0.15) is 69.2 Å². The molecule has 8 rings (SSSR count). The van der Waals surface area contributed by atoms with Gasteiger partial charge in [-0.2, -0.15) is 5.48 Å². The fourth-order valence-corrected chi connectivity index (χ4v) is 11.2. The summed E-state index contributed by atoms with van der Waals surface area (Å²) >= 11 is 0. The van der Waals surface area contributed by atoms with Crippen LogP contribution in [0, 0.1) is 0 Å². The number of carbonyl (C=O) groups is 4. The lowest BCUT2D eigenvalue weighted by Gasteiger charge is -2.26. The van der Waals surface area contributed by atoms with Crippen molar-refractivity contribution >= 4 is 67.0 Å². The minimum absolute atomic E-state index is 0.0491. The molecule has 3 aliphatic heterocycles. The van der Waals surface area contributed by atoms with E-state index in [4.69, 9.17) is 42.7 Å². The second-order valence-corrected chi connectivity index (χ2v) is 27.7. The van der Waals surface area contributed by atoms with Gasteiger partial charge in [0.25, 0.3) is 11.8 Å². The van der Waals surface area contributed by atoms with Crippen molar-refractivity contribution in [2.24, 2.45) is 4.99 Å². The highest BCUT2D eigenvalue weighted by molar-refractivity contribution is 6.76. The molecule has 3 N–H and O–H groups in total. The van der Waals surface area contributed by atoms with Crippen LogP contribution in [-0.4, -0.2) is 144 Å². The second-order valence-electron chi connectivity index (χ2n) is 22.1. The van der Waals surface area contributed by atoms with Gasteiger partial charge in [-0.25, -0.2) is 4.79 Å². The Morgan fingerprint density at radius 3 is 2.12 bits per heavy atom. The summed E-state index contributed by atoms with van der Waals surface area (Å²) in [6.45, 7) is 17.1. The van der Waals surface area contributed by atoms with Gasteiger partial charge < -0.3 is 63.2 Å². The molecule has 84 heavy (non-hydrogen) atoms. The Kier molecular flexibility index (Phi) is 22.4. The second kappa shape index (κ2) is 30.2. The summed E-state index contributed by atoms with van der Waals surface area (Å²) in [6, 6.07) is 29.6. The number of hydroxylamine groups is 1. The molecule has 5 aromatic carbocycles. The van der Waals surface area contributed by atoms with Gasteiger partial charge in [0.1, 0.15) is 13.2 Å². The molecule has 3 heterocycles. The van der Waals surface area contributed by atoms with Gasteiger partial charge >= 0.3 is 6.09 Å². The summed E-state index contributed by atoms with van der Waals surface area (Å²) in [5.41, 5.74) is 10.5. The fraction of sp³-hybridized carbons (Fsp3) is 0.444. The highest BCUT2D eigenvalue weighted by atomic mass is 28.3. The summed E-state index contributed by atoms with van der Waals surface area (Å²) < 4.78 is 47.0. The first-order valence-electron chi connectivity index (χ1n) is 28.7. The van der Waals surface area contributed by atoms with Crippen molar-refractivity contribution in [3.63, 3.8) is 0 Å². The topological polar surface area (TPSA) is 210 Å². The first-order chi connectivity index (χ1) is 40.7. The molecule has 0 aromatic heterocycles. The average molecular weight is 1170 g/mol. The quantitative estimate of drug-likeness (QED) is 0.0158. The van der Waals surface area contributed by atoms with Crippen LogP contribution in [0.3, 0.4) is 0 Å². The van der Waals surface area contributed by atoms with E-state index in [9.17, 15) is 19.2 Å². The van der Waals surface area contributed by atoms with Crippen LogP contribution >= 0.6 is 0 Å². The molecule has 0 bridgehead atoms. The third-order valence-corrected chi connectivity index (χ3v) is 16.5. The normalized spacial score (nSPS) is 15.0. The zero-order valence-corrected chi connectivity index (χ0v) is 50.6. The molecular weight excluding hydrogens is 1090 g/mol. The lowest BCUT2D eigenvalue weighted by molar-refractivity contribution is -0.121. The Hall–Kier alpha value is -7.69. The molecule has 450 valence electrons. The van der Waals surface area contributed by atoms with Crippen LogP contribution in [0.15, 0.2) is 96.0 Å². The molecule has 0 unspecified atom stereocenters. The molecule has 21 heteroatoms. The highest BCUT2D eigenvalue weighted by Crippen LogP contribution is 2.42. The number of aliphatic imine (C=N–C) groups is 1. The SMILES string of the molecule is C=Nc1cc(OCc2cc(COc3cc4c(cc3OC)C(=O)N3c5ccccc5C[C@H]3CN4)cc(N(CCCC(=O)NCCCONC(=O)OCC[Si](C)(C)C)CCOCCOCCOC)c2)c(OC)cc1C(=O)N1c2ccccc2C[C@H]1C. The summed E-state index contributed by atoms with van der Waals surface area (Å²) in [5, 5.41) is 6.48. The Labute approximate surface area is 494 Å². The molecule has 5 aromatic rings. The maximum atomic E-state index is 14.3. The molecular formula is C63H81N7O13Si. The van der Waals surface area contributed by atoms with Crippen LogP contribution < -0.4 is 49.8 Å². The average Bonchev–Trinajstić information content (AvgIpc) is 2.40. The van der Waals surface area contributed by atoms with Crippen molar-refractivity contribution in [3.8, 4) is 23.0 Å². The van der Waals surface area contributed by atoms with E-state index in [2.05, 4.69) is 58.4 Å². The third-order valence-electron chi connectivity index (χ3n) is 14.8. The minimum Gasteiger partial charge on any atom is -0.493 e. The Morgan fingerprint density at radius 1 is 0.750 bits per heavy atom. The van der Waals surface area contributed by atoms with Crippen LogP contribution in [0.5, 0.6) is 23.0 Å². The number of amides is 4. The molecule has 0 saturated carbocycles. The first-order valence-corrected chi connectivity index (χ1v) is 32.5. The van der Waals surface area contributed by atoms with Crippen molar-refractivity contribution < 1.29 is 61.9 Å². The predicted octanol–water partition coefficient (Wildman–Crippen LogP) is 9.55. The van der Waals surface area contributed by atoms with Gasteiger partial charge in [-0.05, 0) is 110 Å². The molecule has 20 nitrogen and oxygen atoms in total. The number of nitrogens with zero attached hydrogens (tertiary/aromatic N) is 4. The summed E-state index contributed by atoms with van der Waals surface area (Å²) in [6.07, 6.45) is 2.07. The zero-order valence-electron chi connectivity index (χ0n) is 49.6. The van der Waals surface area contributed by atoms with Crippen molar-refractivity contribution in [3.05, 3.63) is 124 Å². The molecule has 0 spiro atoms. The predicted molar refractivity (Wildman–Crippen MR) is 327 cm³/mol. The summed E-state index contributed by atoms with van der Waals surface area (Å²) in [5.74, 6) is 1.09. The van der Waals surface area contributed by atoms with Crippen molar-refractivity contribution in [2.75, 3.05) is 114 Å². The van der Waals surface area contributed by atoms with Gasteiger partial charge in [-0.1, -0.05) is 56.0 Å². The first kappa shape index (κ1) is 62.4. The van der Waals surface area contributed by atoms with Gasteiger partial charge in [0, 0.05) is 83.0 Å². The lowest BCUT2D eigenvalue weighted by Crippen LogP contribution is -2.39. The van der Waals surface area contributed by atoms with E-state index < -0.39 is 14.2 Å². The van der Waals surface area contributed by atoms with Gasteiger partial charge in [-0.15, -0.1) is 0 Å². The minimum atomic E-state index is -1.34. The number of para-hydroxylation sites is 2.